The van der Waals surface area contributed by atoms with Crippen molar-refractivity contribution in [2.75, 3.05) is 0 Å². The van der Waals surface area contributed by atoms with Crippen molar-refractivity contribution in [1.82, 2.24) is 5.32 Å². The number of furan rings is 1. The van der Waals surface area contributed by atoms with Crippen LogP contribution in [0, 0.1) is 0 Å². The molecule has 17 heavy (non-hydrogen) atoms. The summed E-state index contributed by atoms with van der Waals surface area (Å²) >= 11 is 0. The molecule has 0 fully saturated rings. The third-order valence-corrected chi connectivity index (χ3v) is 1.65. The molecule has 94 valence electrons. The molecule has 0 radical (unpaired) electrons. The van der Waals surface area contributed by atoms with Gasteiger partial charge in [0.1, 0.15) is 11.4 Å². The minimum Gasteiger partial charge on any atom is -0.512 e. The van der Waals surface area contributed by atoms with E-state index in [4.69, 9.17) is 18.8 Å². The third kappa shape index (κ3) is 5.30. The summed E-state index contributed by atoms with van der Waals surface area (Å²) < 4.78 is 14.9. The van der Waals surface area contributed by atoms with E-state index in [0.717, 1.165) is 0 Å². The lowest BCUT2D eigenvalue weighted by Crippen LogP contribution is -2.32. The lowest BCUT2D eigenvalue weighted by atomic mass is 10.2. The van der Waals surface area contributed by atoms with Crippen LogP contribution in [0.5, 0.6) is 5.95 Å². The normalized spacial score (nSPS) is 10.8. The number of hydrogen-bond donors (Lipinski definition) is 2. The van der Waals surface area contributed by atoms with E-state index in [1.54, 1.807) is 32.9 Å². The highest BCUT2D eigenvalue weighted by atomic mass is 16.6. The van der Waals surface area contributed by atoms with Gasteiger partial charge in [-0.05, 0) is 26.8 Å². The molecule has 0 aromatic carbocycles. The fraction of sp³-hybridized carbons (Fsp3) is 0.500. The van der Waals surface area contributed by atoms with Crippen LogP contribution in [0.3, 0.4) is 0 Å². The van der Waals surface area contributed by atoms with Gasteiger partial charge in [0.15, 0.2) is 0 Å². The summed E-state index contributed by atoms with van der Waals surface area (Å²) in [6.45, 7) is 5.55. The van der Waals surface area contributed by atoms with Gasteiger partial charge >= 0.3 is 13.8 Å². The molecule has 0 aliphatic carbocycles. The van der Waals surface area contributed by atoms with Crippen molar-refractivity contribution in [2.45, 2.75) is 32.9 Å². The predicted molar refractivity (Wildman–Crippen MR) is 61.8 cm³/mol. The third-order valence-electron chi connectivity index (χ3n) is 1.65. The SMILES string of the molecule is CC(C)(C)OC(=O)NCc1ccc(OBO)o1. The van der Waals surface area contributed by atoms with Crippen molar-refractivity contribution in [3.63, 3.8) is 0 Å². The number of carbonyl (C=O) groups excluding carboxylic acids is 1. The van der Waals surface area contributed by atoms with E-state index in [1.165, 1.54) is 0 Å². The van der Waals surface area contributed by atoms with Crippen LogP contribution >= 0.6 is 0 Å². The molecule has 0 atom stereocenters. The summed E-state index contributed by atoms with van der Waals surface area (Å²) in [4.78, 5) is 11.3. The van der Waals surface area contributed by atoms with E-state index < -0.39 is 19.4 Å². The molecule has 0 saturated carbocycles. The van der Waals surface area contributed by atoms with E-state index in [-0.39, 0.29) is 12.5 Å². The van der Waals surface area contributed by atoms with Crippen molar-refractivity contribution in [2.24, 2.45) is 0 Å². The minimum atomic E-state index is -0.529. The first-order chi connectivity index (χ1) is 7.90. The van der Waals surface area contributed by atoms with Crippen LogP contribution in [0.2, 0.25) is 0 Å². The van der Waals surface area contributed by atoms with Gasteiger partial charge in [0, 0.05) is 6.07 Å². The van der Waals surface area contributed by atoms with Gasteiger partial charge in [-0.1, -0.05) is 0 Å². The molecule has 0 saturated heterocycles. The number of amides is 1. The number of nitrogens with one attached hydrogen (secondary N) is 1. The Kier molecular flexibility index (Phi) is 4.45. The zero-order chi connectivity index (χ0) is 12.9. The van der Waals surface area contributed by atoms with Gasteiger partial charge in [-0.2, -0.15) is 0 Å². The largest absolute Gasteiger partial charge is 0.512 e. The van der Waals surface area contributed by atoms with E-state index in [9.17, 15) is 4.79 Å². The van der Waals surface area contributed by atoms with Gasteiger partial charge in [0.25, 0.3) is 5.95 Å². The van der Waals surface area contributed by atoms with Crippen LogP contribution in [0.25, 0.3) is 0 Å². The minimum absolute atomic E-state index is 0.198. The fourth-order valence-corrected chi connectivity index (χ4v) is 1.07. The summed E-state index contributed by atoms with van der Waals surface area (Å²) in [5.41, 5.74) is -0.529. The molecule has 1 rings (SSSR count). The Morgan fingerprint density at radius 1 is 1.53 bits per heavy atom. The molecule has 0 spiro atoms. The van der Waals surface area contributed by atoms with Crippen LogP contribution in [-0.4, -0.2) is 24.4 Å². The maximum Gasteiger partial charge on any atom is 0.506 e. The van der Waals surface area contributed by atoms with Crippen molar-refractivity contribution in [3.05, 3.63) is 17.9 Å². The molecule has 1 amide bonds. The number of carbonyl (C=O) groups is 1. The van der Waals surface area contributed by atoms with Gasteiger partial charge in [0.2, 0.25) is 0 Å². The number of alkyl carbamates (subject to hydrolysis) is 1. The summed E-state index contributed by atoms with van der Waals surface area (Å²) in [5.74, 6) is 0.716. The molecule has 1 aromatic rings. The highest BCUT2D eigenvalue weighted by Gasteiger charge is 2.16. The summed E-state index contributed by atoms with van der Waals surface area (Å²) in [6.07, 6.45) is -0.515. The van der Waals surface area contributed by atoms with Crippen LogP contribution in [-0.2, 0) is 11.3 Å². The molecule has 1 aromatic heterocycles. The van der Waals surface area contributed by atoms with Gasteiger partial charge in [0.05, 0.1) is 6.54 Å². The fourth-order valence-electron chi connectivity index (χ4n) is 1.07. The van der Waals surface area contributed by atoms with Gasteiger partial charge in [-0.25, -0.2) is 4.79 Å². The highest BCUT2D eigenvalue weighted by Crippen LogP contribution is 2.15. The van der Waals surface area contributed by atoms with Crippen molar-refractivity contribution < 1.29 is 23.6 Å². The number of ether oxygens (including phenoxy) is 1. The zero-order valence-electron chi connectivity index (χ0n) is 10.1. The molecule has 2 N–H and O–H groups in total. The van der Waals surface area contributed by atoms with Crippen LogP contribution in [0.4, 0.5) is 4.79 Å². The second-order valence-corrected chi connectivity index (χ2v) is 4.35. The number of rotatable bonds is 4. The first-order valence-corrected chi connectivity index (χ1v) is 5.20. The summed E-state index contributed by atoms with van der Waals surface area (Å²) in [6, 6.07) is 3.20. The first kappa shape index (κ1) is 13.4. The van der Waals surface area contributed by atoms with E-state index in [2.05, 4.69) is 5.32 Å². The highest BCUT2D eigenvalue weighted by molar-refractivity contribution is 6.17. The van der Waals surface area contributed by atoms with E-state index >= 15 is 0 Å². The second kappa shape index (κ2) is 5.63. The smallest absolute Gasteiger partial charge is 0.506 e. The summed E-state index contributed by atoms with van der Waals surface area (Å²) in [5, 5.41) is 11.0. The van der Waals surface area contributed by atoms with E-state index in [1.807, 2.05) is 0 Å². The zero-order valence-corrected chi connectivity index (χ0v) is 10.1. The molecule has 0 aliphatic rings. The second-order valence-electron chi connectivity index (χ2n) is 4.35. The van der Waals surface area contributed by atoms with Crippen molar-refractivity contribution in [3.8, 4) is 5.95 Å². The average Bonchev–Trinajstić information content (AvgIpc) is 2.61. The van der Waals surface area contributed by atoms with Crippen LogP contribution in [0.1, 0.15) is 26.5 Å². The van der Waals surface area contributed by atoms with Gasteiger partial charge in [-0.3, -0.25) is 0 Å². The monoisotopic (exact) mass is 241 g/mol. The Labute approximate surface area is 100 Å². The Bertz CT molecular complexity index is 371. The Morgan fingerprint density at radius 3 is 2.82 bits per heavy atom. The average molecular weight is 241 g/mol. The molecule has 1 heterocycles. The van der Waals surface area contributed by atoms with E-state index in [0.29, 0.717) is 5.76 Å². The Balaban J connectivity index is 2.37. The van der Waals surface area contributed by atoms with Crippen LogP contribution < -0.4 is 9.97 Å². The molecular weight excluding hydrogens is 225 g/mol. The lowest BCUT2D eigenvalue weighted by Gasteiger charge is -2.19. The predicted octanol–water partition coefficient (Wildman–Crippen LogP) is 0.942. The summed E-state index contributed by atoms with van der Waals surface area (Å²) in [7, 11) is -0.452. The van der Waals surface area contributed by atoms with Gasteiger partial charge < -0.3 is 24.1 Å². The maximum atomic E-state index is 11.3. The van der Waals surface area contributed by atoms with Crippen molar-refractivity contribution >= 4 is 13.8 Å². The topological polar surface area (TPSA) is 80.9 Å². The molecule has 7 heteroatoms. The quantitative estimate of drug-likeness (QED) is 0.766. The molecule has 6 nitrogen and oxygen atoms in total. The van der Waals surface area contributed by atoms with Crippen molar-refractivity contribution in [1.29, 1.82) is 0 Å². The standard InChI is InChI=1S/C10H16BNO5/c1-10(2,3)16-9(13)12-6-7-4-5-8(15-7)17-11-14/h4-5,11,14H,6H2,1-3H3,(H,12,13). The molecule has 0 aliphatic heterocycles. The number of hydrogen-bond acceptors (Lipinski definition) is 5. The lowest BCUT2D eigenvalue weighted by molar-refractivity contribution is 0.0519. The molecular formula is C10H16BNO5. The maximum absolute atomic E-state index is 11.3. The molecule has 0 unspecified atom stereocenters. The first-order valence-electron chi connectivity index (χ1n) is 5.20. The van der Waals surface area contributed by atoms with Crippen LogP contribution in [0.15, 0.2) is 16.5 Å². The Morgan fingerprint density at radius 2 is 2.24 bits per heavy atom. The Hall–Kier alpha value is -1.63. The van der Waals surface area contributed by atoms with Gasteiger partial charge in [-0.15, -0.1) is 0 Å². The molecule has 0 bridgehead atoms.